The zero-order chi connectivity index (χ0) is 14.8. The Hall–Kier alpha value is -1.65. The van der Waals surface area contributed by atoms with Crippen LogP contribution in [-0.4, -0.2) is 17.1 Å². The van der Waals surface area contributed by atoms with E-state index in [-0.39, 0.29) is 5.43 Å². The summed E-state index contributed by atoms with van der Waals surface area (Å²) in [6.45, 7) is 2.71. The first-order valence-corrected chi connectivity index (χ1v) is 7.73. The van der Waals surface area contributed by atoms with Gasteiger partial charge in [0.25, 0.3) is 0 Å². The van der Waals surface area contributed by atoms with Crippen LogP contribution in [0.15, 0.2) is 29.1 Å². The second-order valence-electron chi connectivity index (χ2n) is 6.20. The van der Waals surface area contributed by atoms with Crippen molar-refractivity contribution in [2.75, 3.05) is 0 Å². The molecule has 1 heterocycles. The largest absolute Gasteiger partial charge is 0.357 e. The summed E-state index contributed by atoms with van der Waals surface area (Å²) in [7, 11) is 0. The molecule has 1 aromatic carbocycles. The lowest BCUT2D eigenvalue weighted by atomic mass is 9.92. The van der Waals surface area contributed by atoms with Crippen LogP contribution >= 0.6 is 0 Å². The molecule has 0 bridgehead atoms. The Morgan fingerprint density at radius 2 is 2.00 bits per heavy atom. The van der Waals surface area contributed by atoms with Crippen LogP contribution in [0.2, 0.25) is 0 Å². The Kier molecular flexibility index (Phi) is 4.08. The van der Waals surface area contributed by atoms with Crippen molar-refractivity contribution in [2.45, 2.75) is 51.2 Å². The van der Waals surface area contributed by atoms with Crippen LogP contribution in [0.25, 0.3) is 10.9 Å². The second kappa shape index (κ2) is 6.00. The van der Waals surface area contributed by atoms with Gasteiger partial charge in [0.05, 0.1) is 0 Å². The first-order chi connectivity index (χ1) is 10.1. The van der Waals surface area contributed by atoms with Gasteiger partial charge in [-0.05, 0) is 44.7 Å². The minimum Gasteiger partial charge on any atom is -0.357 e. The maximum absolute atomic E-state index is 12.2. The van der Waals surface area contributed by atoms with Gasteiger partial charge in [-0.25, -0.2) is 0 Å². The second-order valence-corrected chi connectivity index (χ2v) is 6.20. The summed E-state index contributed by atoms with van der Waals surface area (Å²) >= 11 is 0. The first-order valence-electron chi connectivity index (χ1n) is 7.73. The molecule has 0 radical (unpaired) electrons. The number of benzene rings is 1. The van der Waals surface area contributed by atoms with E-state index in [4.69, 9.17) is 5.73 Å². The molecular formula is C17H23N3O. The summed E-state index contributed by atoms with van der Waals surface area (Å²) in [5.74, 6) is 0. The molecule has 2 aromatic rings. The predicted octanol–water partition coefficient (Wildman–Crippen LogP) is 2.20. The van der Waals surface area contributed by atoms with E-state index in [2.05, 4.69) is 10.3 Å². The molecule has 0 spiro atoms. The number of fused-ring (bicyclic) bond motifs is 1. The fourth-order valence-electron chi connectivity index (χ4n) is 3.09. The Bertz CT molecular complexity index is 684. The first kappa shape index (κ1) is 14.3. The molecule has 4 N–H and O–H groups in total. The van der Waals surface area contributed by atoms with Crippen molar-refractivity contribution in [2.24, 2.45) is 5.73 Å². The number of nitrogens with one attached hydrogen (secondary N) is 2. The van der Waals surface area contributed by atoms with Crippen LogP contribution < -0.4 is 16.5 Å². The molecule has 1 aliphatic rings. The molecule has 0 amide bonds. The molecule has 21 heavy (non-hydrogen) atoms. The topological polar surface area (TPSA) is 70.9 Å². The van der Waals surface area contributed by atoms with Crippen molar-refractivity contribution in [1.82, 2.24) is 10.3 Å². The third-order valence-electron chi connectivity index (χ3n) is 4.39. The molecule has 1 aromatic heterocycles. The van der Waals surface area contributed by atoms with Gasteiger partial charge in [0, 0.05) is 41.3 Å². The smallest absolute Gasteiger partial charge is 0.189 e. The highest BCUT2D eigenvalue weighted by Gasteiger charge is 2.17. The van der Waals surface area contributed by atoms with Gasteiger partial charge in [-0.2, -0.15) is 0 Å². The van der Waals surface area contributed by atoms with Gasteiger partial charge in [-0.3, -0.25) is 4.79 Å². The third-order valence-corrected chi connectivity index (χ3v) is 4.39. The lowest BCUT2D eigenvalue weighted by Crippen LogP contribution is -2.37. The quantitative estimate of drug-likeness (QED) is 0.809. The number of pyridine rings is 1. The van der Waals surface area contributed by atoms with E-state index >= 15 is 0 Å². The lowest BCUT2D eigenvalue weighted by molar-refractivity contribution is 0.341. The number of rotatable bonds is 3. The SMILES string of the molecule is Cc1ccc2[nH]c(CNC3CCC(N)CC3)cc(=O)c2c1. The van der Waals surface area contributed by atoms with Crippen LogP contribution in [0.4, 0.5) is 0 Å². The van der Waals surface area contributed by atoms with E-state index in [0.29, 0.717) is 18.6 Å². The summed E-state index contributed by atoms with van der Waals surface area (Å²) in [5, 5.41) is 4.30. The third kappa shape index (κ3) is 3.34. The summed E-state index contributed by atoms with van der Waals surface area (Å²) in [5.41, 5.74) is 8.99. The molecule has 4 nitrogen and oxygen atoms in total. The Morgan fingerprint density at radius 3 is 2.76 bits per heavy atom. The van der Waals surface area contributed by atoms with Gasteiger partial charge >= 0.3 is 0 Å². The minimum absolute atomic E-state index is 0.0925. The van der Waals surface area contributed by atoms with Crippen molar-refractivity contribution in [3.05, 3.63) is 45.7 Å². The van der Waals surface area contributed by atoms with Gasteiger partial charge in [0.1, 0.15) is 0 Å². The summed E-state index contributed by atoms with van der Waals surface area (Å²) in [4.78, 5) is 15.5. The van der Waals surface area contributed by atoms with Crippen LogP contribution in [0.3, 0.4) is 0 Å². The van der Waals surface area contributed by atoms with Gasteiger partial charge in [-0.15, -0.1) is 0 Å². The summed E-state index contributed by atoms with van der Waals surface area (Å²) in [6.07, 6.45) is 4.42. The number of aromatic amines is 1. The van der Waals surface area contributed by atoms with Crippen molar-refractivity contribution >= 4 is 10.9 Å². The number of hydrogen-bond acceptors (Lipinski definition) is 3. The molecular weight excluding hydrogens is 262 g/mol. The van der Waals surface area contributed by atoms with Crippen molar-refractivity contribution in [3.8, 4) is 0 Å². The molecule has 1 fully saturated rings. The van der Waals surface area contributed by atoms with Crippen molar-refractivity contribution in [1.29, 1.82) is 0 Å². The van der Waals surface area contributed by atoms with Gasteiger partial charge in [-0.1, -0.05) is 11.6 Å². The van der Waals surface area contributed by atoms with Crippen molar-refractivity contribution < 1.29 is 0 Å². The average Bonchev–Trinajstić information content (AvgIpc) is 2.47. The highest BCUT2D eigenvalue weighted by atomic mass is 16.1. The molecule has 0 aliphatic heterocycles. The number of nitrogens with two attached hydrogens (primary N) is 1. The molecule has 0 saturated heterocycles. The van der Waals surface area contributed by atoms with Crippen LogP contribution in [0, 0.1) is 6.92 Å². The molecule has 0 unspecified atom stereocenters. The zero-order valence-electron chi connectivity index (χ0n) is 12.5. The van der Waals surface area contributed by atoms with E-state index in [1.165, 1.54) is 0 Å². The maximum Gasteiger partial charge on any atom is 0.189 e. The molecule has 1 aliphatic carbocycles. The standard InChI is InChI=1S/C17H23N3O/c1-11-2-7-16-15(8-11)17(21)9-14(20-16)10-19-13-5-3-12(18)4-6-13/h2,7-9,12-13,19H,3-6,10,18H2,1H3,(H,20,21). The predicted molar refractivity (Wildman–Crippen MR) is 86.4 cm³/mol. The fourth-order valence-corrected chi connectivity index (χ4v) is 3.09. The highest BCUT2D eigenvalue weighted by Crippen LogP contribution is 2.17. The molecule has 112 valence electrons. The molecule has 1 saturated carbocycles. The van der Waals surface area contributed by atoms with E-state index in [0.717, 1.165) is 47.8 Å². The lowest BCUT2D eigenvalue weighted by Gasteiger charge is -2.26. The van der Waals surface area contributed by atoms with Crippen LogP contribution in [-0.2, 0) is 6.54 Å². The molecule has 4 heteroatoms. The van der Waals surface area contributed by atoms with Gasteiger partial charge < -0.3 is 16.0 Å². The van der Waals surface area contributed by atoms with Gasteiger partial charge in [0.2, 0.25) is 0 Å². The molecule has 0 atom stereocenters. The summed E-state index contributed by atoms with van der Waals surface area (Å²) < 4.78 is 0. The number of H-pyrrole nitrogens is 1. The van der Waals surface area contributed by atoms with Gasteiger partial charge in [0.15, 0.2) is 5.43 Å². The fraction of sp³-hybridized carbons (Fsp3) is 0.471. The van der Waals surface area contributed by atoms with E-state index in [1.807, 2.05) is 25.1 Å². The Morgan fingerprint density at radius 1 is 1.24 bits per heavy atom. The normalized spacial score (nSPS) is 22.6. The monoisotopic (exact) mass is 285 g/mol. The highest BCUT2D eigenvalue weighted by molar-refractivity contribution is 5.79. The number of aromatic nitrogens is 1. The van der Waals surface area contributed by atoms with E-state index < -0.39 is 0 Å². The maximum atomic E-state index is 12.2. The van der Waals surface area contributed by atoms with Crippen molar-refractivity contribution in [3.63, 3.8) is 0 Å². The Balaban J connectivity index is 1.73. The average molecular weight is 285 g/mol. The number of aryl methyl sites for hydroxylation is 1. The Labute approximate surface area is 124 Å². The van der Waals surface area contributed by atoms with Crippen LogP contribution in [0.1, 0.15) is 36.9 Å². The minimum atomic E-state index is 0.0925. The molecule has 3 rings (SSSR count). The van der Waals surface area contributed by atoms with E-state index in [1.54, 1.807) is 6.07 Å². The van der Waals surface area contributed by atoms with Crippen LogP contribution in [0.5, 0.6) is 0 Å². The zero-order valence-corrected chi connectivity index (χ0v) is 12.5. The number of hydrogen-bond donors (Lipinski definition) is 3. The van der Waals surface area contributed by atoms with E-state index in [9.17, 15) is 4.79 Å². The summed E-state index contributed by atoms with van der Waals surface area (Å²) in [6, 6.07) is 8.54.